The molecule has 0 radical (unpaired) electrons. The molecule has 0 unspecified atom stereocenters. The number of benzene rings is 1. The fraction of sp³-hybridized carbons (Fsp3) is 0.533. The lowest BCUT2D eigenvalue weighted by molar-refractivity contribution is 0.0953. The summed E-state index contributed by atoms with van der Waals surface area (Å²) in [5.74, 6) is 0.566. The van der Waals surface area contributed by atoms with Gasteiger partial charge in [0.1, 0.15) is 5.82 Å². The van der Waals surface area contributed by atoms with Gasteiger partial charge in [-0.3, -0.25) is 4.79 Å². The number of para-hydroxylation sites is 1. The van der Waals surface area contributed by atoms with Crippen molar-refractivity contribution in [3.63, 3.8) is 0 Å². The van der Waals surface area contributed by atoms with Crippen LogP contribution >= 0.6 is 11.8 Å². The Hall–Kier alpha value is -1.23. The highest BCUT2D eigenvalue weighted by Gasteiger charge is 2.13. The Morgan fingerprint density at radius 1 is 1.25 bits per heavy atom. The van der Waals surface area contributed by atoms with Crippen molar-refractivity contribution in [1.82, 2.24) is 5.32 Å². The zero-order chi connectivity index (χ0) is 14.8. The Labute approximate surface area is 124 Å². The fourth-order valence-corrected chi connectivity index (χ4v) is 2.48. The van der Waals surface area contributed by atoms with E-state index >= 15 is 0 Å². The number of carbonyl (C=O) groups is 1. The average Bonchev–Trinajstić information content (AvgIpc) is 2.45. The van der Waals surface area contributed by atoms with Crippen LogP contribution in [-0.2, 0) is 0 Å². The van der Waals surface area contributed by atoms with Crippen molar-refractivity contribution < 1.29 is 9.18 Å². The largest absolute Gasteiger partial charge is 0.385 e. The monoisotopic (exact) mass is 298 g/mol. The maximum Gasteiger partial charge on any atom is 0.253 e. The molecule has 0 fully saturated rings. The van der Waals surface area contributed by atoms with Crippen molar-refractivity contribution in [1.29, 1.82) is 0 Å². The molecule has 1 aromatic rings. The second kappa shape index (κ2) is 9.64. The summed E-state index contributed by atoms with van der Waals surface area (Å²) in [6, 6.07) is 4.52. The van der Waals surface area contributed by atoms with E-state index in [4.69, 9.17) is 0 Å². The number of hydrogen-bond donors (Lipinski definition) is 2. The minimum Gasteiger partial charge on any atom is -0.385 e. The van der Waals surface area contributed by atoms with E-state index in [-0.39, 0.29) is 11.6 Å². The van der Waals surface area contributed by atoms with Gasteiger partial charge in [-0.1, -0.05) is 18.9 Å². The van der Waals surface area contributed by atoms with Gasteiger partial charge in [-0.25, -0.2) is 4.39 Å². The van der Waals surface area contributed by atoms with Crippen molar-refractivity contribution in [2.75, 3.05) is 30.9 Å². The lowest BCUT2D eigenvalue weighted by atomic mass is 10.1. The van der Waals surface area contributed by atoms with Crippen molar-refractivity contribution in [3.8, 4) is 0 Å². The number of carbonyl (C=O) groups excluding carboxylic acids is 1. The van der Waals surface area contributed by atoms with Gasteiger partial charge in [0.25, 0.3) is 5.91 Å². The molecule has 3 nitrogen and oxygen atoms in total. The smallest absolute Gasteiger partial charge is 0.253 e. The first-order valence-corrected chi connectivity index (χ1v) is 8.33. The Morgan fingerprint density at radius 2 is 2.00 bits per heavy atom. The molecule has 1 amide bonds. The van der Waals surface area contributed by atoms with Gasteiger partial charge in [0, 0.05) is 13.6 Å². The van der Waals surface area contributed by atoms with E-state index in [0.29, 0.717) is 12.1 Å². The number of nitrogens with one attached hydrogen (secondary N) is 2. The van der Waals surface area contributed by atoms with E-state index in [2.05, 4.69) is 16.9 Å². The SMILES string of the molecule is CNc1c(F)cccc1C(=O)NCCCCCCSC. The Bertz CT molecular complexity index is 426. The molecule has 0 heterocycles. The summed E-state index contributed by atoms with van der Waals surface area (Å²) < 4.78 is 13.5. The third-order valence-corrected chi connectivity index (χ3v) is 3.77. The summed E-state index contributed by atoms with van der Waals surface area (Å²) in [6.07, 6.45) is 6.60. The van der Waals surface area contributed by atoms with Crippen LogP contribution in [0.15, 0.2) is 18.2 Å². The van der Waals surface area contributed by atoms with E-state index in [1.54, 1.807) is 19.2 Å². The average molecular weight is 298 g/mol. The maximum atomic E-state index is 13.5. The predicted molar refractivity (Wildman–Crippen MR) is 85.1 cm³/mol. The molecule has 0 aliphatic heterocycles. The summed E-state index contributed by atoms with van der Waals surface area (Å²) in [7, 11) is 1.61. The lowest BCUT2D eigenvalue weighted by Crippen LogP contribution is -2.25. The van der Waals surface area contributed by atoms with Gasteiger partial charge < -0.3 is 10.6 Å². The van der Waals surface area contributed by atoms with E-state index < -0.39 is 5.82 Å². The minimum absolute atomic E-state index is 0.224. The standard InChI is InChI=1S/C15H23FN2OS/c1-17-14-12(8-7-9-13(14)16)15(19)18-10-5-3-4-6-11-20-2/h7-9,17H,3-6,10-11H2,1-2H3,(H,18,19). The molecule has 112 valence electrons. The lowest BCUT2D eigenvalue weighted by Gasteiger charge is -2.10. The number of anilines is 1. The third-order valence-electron chi connectivity index (χ3n) is 3.07. The zero-order valence-corrected chi connectivity index (χ0v) is 13.0. The van der Waals surface area contributed by atoms with E-state index in [1.807, 2.05) is 11.8 Å². The molecule has 0 aliphatic rings. The highest BCUT2D eigenvalue weighted by molar-refractivity contribution is 7.98. The van der Waals surface area contributed by atoms with Crippen LogP contribution < -0.4 is 10.6 Å². The predicted octanol–water partition coefficient (Wildman–Crippen LogP) is 3.52. The molecule has 0 saturated heterocycles. The van der Waals surface area contributed by atoms with Gasteiger partial charge in [0.15, 0.2) is 0 Å². The molecule has 0 aliphatic carbocycles. The first-order valence-electron chi connectivity index (χ1n) is 6.94. The molecule has 0 spiro atoms. The third kappa shape index (κ3) is 5.41. The van der Waals surface area contributed by atoms with Crippen molar-refractivity contribution in [2.24, 2.45) is 0 Å². The van der Waals surface area contributed by atoms with Crippen LogP contribution in [0.2, 0.25) is 0 Å². The second-order valence-electron chi connectivity index (χ2n) is 4.58. The molecule has 1 aromatic carbocycles. The van der Waals surface area contributed by atoms with Gasteiger partial charge in [0.2, 0.25) is 0 Å². The van der Waals surface area contributed by atoms with Crippen LogP contribution in [0.25, 0.3) is 0 Å². The highest BCUT2D eigenvalue weighted by atomic mass is 32.2. The molecular formula is C15H23FN2OS. The molecule has 1 rings (SSSR count). The topological polar surface area (TPSA) is 41.1 Å². The number of rotatable bonds is 9. The highest BCUT2D eigenvalue weighted by Crippen LogP contribution is 2.18. The Kier molecular flexibility index (Phi) is 8.11. The summed E-state index contributed by atoms with van der Waals surface area (Å²) in [6.45, 7) is 0.637. The maximum absolute atomic E-state index is 13.5. The van der Waals surface area contributed by atoms with Crippen LogP contribution in [0.4, 0.5) is 10.1 Å². The normalized spacial score (nSPS) is 10.3. The van der Waals surface area contributed by atoms with Gasteiger partial charge >= 0.3 is 0 Å². The molecule has 0 aromatic heterocycles. The van der Waals surface area contributed by atoms with Crippen LogP contribution in [0, 0.1) is 5.82 Å². The zero-order valence-electron chi connectivity index (χ0n) is 12.2. The molecule has 0 saturated carbocycles. The summed E-state index contributed by atoms with van der Waals surface area (Å²) in [5.41, 5.74) is 0.611. The molecule has 0 bridgehead atoms. The van der Waals surface area contributed by atoms with Crippen molar-refractivity contribution >= 4 is 23.4 Å². The summed E-state index contributed by atoms with van der Waals surface area (Å²) in [5, 5.41) is 5.57. The van der Waals surface area contributed by atoms with Crippen LogP contribution in [-0.4, -0.2) is 31.5 Å². The number of thioether (sulfide) groups is 1. The van der Waals surface area contributed by atoms with E-state index in [1.165, 1.54) is 24.7 Å². The number of hydrogen-bond acceptors (Lipinski definition) is 3. The second-order valence-corrected chi connectivity index (χ2v) is 5.56. The summed E-state index contributed by atoms with van der Waals surface area (Å²) in [4.78, 5) is 12.0. The molecule has 20 heavy (non-hydrogen) atoms. The van der Waals surface area contributed by atoms with Gasteiger partial charge in [-0.05, 0) is 37.0 Å². The number of halogens is 1. The molecule has 2 N–H and O–H groups in total. The number of unbranched alkanes of at least 4 members (excludes halogenated alkanes) is 3. The Balaban J connectivity index is 2.35. The molecular weight excluding hydrogens is 275 g/mol. The quantitative estimate of drug-likeness (QED) is 0.685. The molecule has 5 heteroatoms. The summed E-state index contributed by atoms with van der Waals surface area (Å²) >= 11 is 1.86. The number of amides is 1. The van der Waals surface area contributed by atoms with Crippen LogP contribution in [0.5, 0.6) is 0 Å². The van der Waals surface area contributed by atoms with Gasteiger partial charge in [-0.15, -0.1) is 0 Å². The first kappa shape index (κ1) is 16.8. The first-order chi connectivity index (χ1) is 9.70. The van der Waals surface area contributed by atoms with Crippen molar-refractivity contribution in [3.05, 3.63) is 29.6 Å². The Morgan fingerprint density at radius 3 is 2.70 bits per heavy atom. The van der Waals surface area contributed by atoms with Gasteiger partial charge in [0.05, 0.1) is 11.3 Å². The van der Waals surface area contributed by atoms with Crippen molar-refractivity contribution in [2.45, 2.75) is 25.7 Å². The van der Waals surface area contributed by atoms with Crippen LogP contribution in [0.3, 0.4) is 0 Å². The van der Waals surface area contributed by atoms with Gasteiger partial charge in [-0.2, -0.15) is 11.8 Å². The van der Waals surface area contributed by atoms with E-state index in [0.717, 1.165) is 12.8 Å². The minimum atomic E-state index is -0.405. The van der Waals surface area contributed by atoms with Crippen LogP contribution in [0.1, 0.15) is 36.0 Å². The molecule has 0 atom stereocenters. The fourth-order valence-electron chi connectivity index (χ4n) is 1.99. The van der Waals surface area contributed by atoms with E-state index in [9.17, 15) is 9.18 Å².